The highest BCUT2D eigenvalue weighted by Gasteiger charge is 2.23. The standard InChI is InChI=1S/C36H38FN7O4/c1-21(45)48-20-27-26(8-7-9-31(27)44-35(47)33-24(18-39-44)14-25(15-28(33)37)36(2,3)4)29-16-30(34(46)43(6)41-29)40-32-11-10-22(17-38-32)23-12-13-42(5)19-23/h7-11,14-18,23H,12-13,19-20H2,1-6H3,(H,38,40). The van der Waals surface area contributed by atoms with Gasteiger partial charge in [-0.1, -0.05) is 39.0 Å². The number of nitrogens with zero attached hydrogens (tertiary/aromatic N) is 6. The molecule has 3 aromatic heterocycles. The van der Waals surface area contributed by atoms with Crippen molar-refractivity contribution in [2.45, 2.75) is 52.1 Å². The van der Waals surface area contributed by atoms with Gasteiger partial charge in [0.2, 0.25) is 0 Å². The van der Waals surface area contributed by atoms with Crippen molar-refractivity contribution in [3.05, 3.63) is 104 Å². The van der Waals surface area contributed by atoms with E-state index < -0.39 is 17.3 Å². The molecule has 5 aromatic rings. The number of benzene rings is 2. The van der Waals surface area contributed by atoms with Crippen LogP contribution in [0.25, 0.3) is 27.7 Å². The van der Waals surface area contributed by atoms with Gasteiger partial charge in [-0.15, -0.1) is 0 Å². The van der Waals surface area contributed by atoms with Crippen molar-refractivity contribution in [1.82, 2.24) is 29.4 Å². The third-order valence-corrected chi connectivity index (χ3v) is 8.76. The lowest BCUT2D eigenvalue weighted by molar-refractivity contribution is -0.142. The molecule has 0 spiro atoms. The number of likely N-dealkylation sites (tertiary alicyclic amines) is 1. The van der Waals surface area contributed by atoms with Crippen LogP contribution in [-0.4, -0.2) is 55.6 Å². The number of hydrogen-bond donors (Lipinski definition) is 1. The minimum atomic E-state index is -0.666. The van der Waals surface area contributed by atoms with Crippen LogP contribution in [0.5, 0.6) is 0 Å². The zero-order valence-electron chi connectivity index (χ0n) is 27.9. The van der Waals surface area contributed by atoms with Crippen molar-refractivity contribution < 1.29 is 13.9 Å². The number of pyridine rings is 1. The number of fused-ring (bicyclic) bond motifs is 1. The SMILES string of the molecule is CC(=O)OCc1c(-c2cc(Nc3ccc(C4CCN(C)C4)cn3)c(=O)n(C)n2)cccc1-n1ncc2cc(C(C)(C)C)cc(F)c2c1=O. The number of nitrogens with one attached hydrogen (secondary N) is 1. The molecule has 4 heterocycles. The van der Waals surface area contributed by atoms with Crippen LogP contribution in [0.15, 0.2) is 70.5 Å². The predicted molar refractivity (Wildman–Crippen MR) is 182 cm³/mol. The van der Waals surface area contributed by atoms with E-state index in [4.69, 9.17) is 4.74 Å². The number of rotatable bonds is 7. The van der Waals surface area contributed by atoms with E-state index in [1.54, 1.807) is 30.3 Å². The van der Waals surface area contributed by atoms with E-state index >= 15 is 4.39 Å². The molecule has 1 aliphatic rings. The summed E-state index contributed by atoms with van der Waals surface area (Å²) in [6.45, 7) is 8.96. The number of anilines is 2. The minimum absolute atomic E-state index is 0.105. The van der Waals surface area contributed by atoms with Crippen LogP contribution in [0.1, 0.15) is 56.7 Å². The summed E-state index contributed by atoms with van der Waals surface area (Å²) in [6, 6.07) is 13.7. The molecule has 1 saturated heterocycles. The van der Waals surface area contributed by atoms with Crippen molar-refractivity contribution in [1.29, 1.82) is 0 Å². The quantitative estimate of drug-likeness (QED) is 0.237. The molecule has 1 fully saturated rings. The molecule has 11 nitrogen and oxygen atoms in total. The molecule has 2 aromatic carbocycles. The molecule has 248 valence electrons. The fourth-order valence-electron chi connectivity index (χ4n) is 6.07. The lowest BCUT2D eigenvalue weighted by Gasteiger charge is -2.20. The number of carbonyl (C=O) groups excluding carboxylic acids is 1. The Bertz CT molecular complexity index is 2150. The molecular formula is C36H38FN7O4. The number of carbonyl (C=O) groups is 1. The maximum absolute atomic E-state index is 15.5. The van der Waals surface area contributed by atoms with Gasteiger partial charge in [0, 0.05) is 43.2 Å². The molecule has 1 unspecified atom stereocenters. The van der Waals surface area contributed by atoms with Gasteiger partial charge >= 0.3 is 5.97 Å². The first-order valence-electron chi connectivity index (χ1n) is 15.8. The summed E-state index contributed by atoms with van der Waals surface area (Å²) in [4.78, 5) is 45.8. The van der Waals surface area contributed by atoms with Gasteiger partial charge in [0.05, 0.1) is 23.0 Å². The Hall–Kier alpha value is -5.23. The first kappa shape index (κ1) is 32.7. The van der Waals surface area contributed by atoms with Crippen LogP contribution >= 0.6 is 0 Å². The summed E-state index contributed by atoms with van der Waals surface area (Å²) in [6.07, 6.45) is 4.36. The highest BCUT2D eigenvalue weighted by atomic mass is 19.1. The summed E-state index contributed by atoms with van der Waals surface area (Å²) < 4.78 is 23.2. The van der Waals surface area contributed by atoms with E-state index in [1.165, 1.54) is 30.9 Å². The zero-order valence-corrected chi connectivity index (χ0v) is 27.9. The summed E-state index contributed by atoms with van der Waals surface area (Å²) in [7, 11) is 3.63. The van der Waals surface area contributed by atoms with Crippen LogP contribution in [-0.2, 0) is 28.6 Å². The summed E-state index contributed by atoms with van der Waals surface area (Å²) in [5.74, 6) is -0.271. The Morgan fingerprint density at radius 3 is 2.52 bits per heavy atom. The van der Waals surface area contributed by atoms with Gasteiger partial charge in [0.15, 0.2) is 0 Å². The number of esters is 1. The molecule has 0 amide bonds. The van der Waals surface area contributed by atoms with Crippen molar-refractivity contribution in [3.8, 4) is 16.9 Å². The largest absolute Gasteiger partial charge is 0.461 e. The molecule has 0 bridgehead atoms. The lowest BCUT2D eigenvalue weighted by atomic mass is 9.86. The molecular weight excluding hydrogens is 613 g/mol. The van der Waals surface area contributed by atoms with Gasteiger partial charge in [-0.05, 0) is 72.8 Å². The predicted octanol–water partition coefficient (Wildman–Crippen LogP) is 5.20. The third kappa shape index (κ3) is 6.48. The van der Waals surface area contributed by atoms with Crippen LogP contribution in [0, 0.1) is 5.82 Å². The highest BCUT2D eigenvalue weighted by molar-refractivity contribution is 5.83. The Labute approximate surface area is 277 Å². The lowest BCUT2D eigenvalue weighted by Crippen LogP contribution is -2.25. The molecule has 6 rings (SSSR count). The van der Waals surface area contributed by atoms with Crippen molar-refractivity contribution in [2.75, 3.05) is 25.5 Å². The second kappa shape index (κ2) is 12.8. The minimum Gasteiger partial charge on any atom is -0.461 e. The average Bonchev–Trinajstić information content (AvgIpc) is 3.48. The van der Waals surface area contributed by atoms with E-state index in [1.807, 2.05) is 39.1 Å². The van der Waals surface area contributed by atoms with Gasteiger partial charge in [-0.2, -0.15) is 14.9 Å². The normalized spacial score (nSPS) is 15.2. The molecule has 1 atom stereocenters. The van der Waals surface area contributed by atoms with E-state index in [0.717, 1.165) is 35.3 Å². The van der Waals surface area contributed by atoms with E-state index in [0.29, 0.717) is 33.9 Å². The first-order chi connectivity index (χ1) is 22.8. The van der Waals surface area contributed by atoms with Crippen LogP contribution in [0.4, 0.5) is 15.9 Å². The summed E-state index contributed by atoms with van der Waals surface area (Å²) in [5.41, 5.74) is 2.26. The highest BCUT2D eigenvalue weighted by Crippen LogP contribution is 2.31. The van der Waals surface area contributed by atoms with Crippen LogP contribution in [0.2, 0.25) is 0 Å². The number of hydrogen-bond acceptors (Lipinski definition) is 9. The van der Waals surface area contributed by atoms with E-state index in [9.17, 15) is 14.4 Å². The number of aromatic nitrogens is 5. The average molecular weight is 652 g/mol. The second-order valence-electron chi connectivity index (χ2n) is 13.3. The Morgan fingerprint density at radius 2 is 1.85 bits per heavy atom. The molecule has 12 heteroatoms. The summed E-state index contributed by atoms with van der Waals surface area (Å²) in [5, 5.41) is 12.3. The van der Waals surface area contributed by atoms with Gasteiger partial charge in [-0.25, -0.2) is 14.1 Å². The first-order valence-corrected chi connectivity index (χ1v) is 15.8. The monoisotopic (exact) mass is 651 g/mol. The fourth-order valence-corrected chi connectivity index (χ4v) is 6.07. The van der Waals surface area contributed by atoms with Gasteiger partial charge in [-0.3, -0.25) is 14.4 Å². The number of aryl methyl sites for hydroxylation is 1. The number of ether oxygens (including phenoxy) is 1. The molecule has 1 N–H and O–H groups in total. The topological polar surface area (TPSA) is 124 Å². The maximum Gasteiger partial charge on any atom is 0.302 e. The fraction of sp³-hybridized carbons (Fsp3) is 0.333. The second-order valence-corrected chi connectivity index (χ2v) is 13.3. The van der Waals surface area contributed by atoms with Crippen molar-refractivity contribution >= 4 is 28.2 Å². The van der Waals surface area contributed by atoms with Gasteiger partial charge in [0.25, 0.3) is 11.1 Å². The van der Waals surface area contributed by atoms with Gasteiger partial charge in [0.1, 0.15) is 23.9 Å². The van der Waals surface area contributed by atoms with E-state index in [-0.39, 0.29) is 34.3 Å². The summed E-state index contributed by atoms with van der Waals surface area (Å²) >= 11 is 0. The molecule has 0 saturated carbocycles. The van der Waals surface area contributed by atoms with Crippen LogP contribution in [0.3, 0.4) is 0 Å². The molecule has 0 radical (unpaired) electrons. The smallest absolute Gasteiger partial charge is 0.302 e. The maximum atomic E-state index is 15.5. The van der Waals surface area contributed by atoms with Crippen molar-refractivity contribution in [3.63, 3.8) is 0 Å². The Kier molecular flexibility index (Phi) is 8.69. The number of halogens is 1. The molecule has 48 heavy (non-hydrogen) atoms. The Morgan fingerprint density at radius 1 is 1.06 bits per heavy atom. The van der Waals surface area contributed by atoms with Crippen LogP contribution < -0.4 is 16.4 Å². The van der Waals surface area contributed by atoms with E-state index in [2.05, 4.69) is 32.4 Å². The number of likely N-dealkylation sites (N-methyl/N-ethyl adjacent to an activating group) is 1. The molecule has 0 aliphatic carbocycles. The van der Waals surface area contributed by atoms with Gasteiger partial charge < -0.3 is 15.0 Å². The Balaban J connectivity index is 1.43. The molecule has 1 aliphatic heterocycles. The zero-order chi connectivity index (χ0) is 34.3. The van der Waals surface area contributed by atoms with Crippen molar-refractivity contribution in [2.24, 2.45) is 7.05 Å². The third-order valence-electron chi connectivity index (χ3n) is 8.76.